The third kappa shape index (κ3) is 1.85. The van der Waals surface area contributed by atoms with E-state index in [1.165, 1.54) is 9.27 Å². The maximum atomic E-state index is 4.03. The van der Waals surface area contributed by atoms with Crippen LogP contribution in [0.5, 0.6) is 0 Å². The number of benzene rings is 1. The summed E-state index contributed by atoms with van der Waals surface area (Å²) in [6.07, 6.45) is 0. The molecule has 3 heteroatoms. The largest absolute Gasteiger partial charge is 0.265 e. The van der Waals surface area contributed by atoms with Gasteiger partial charge in [0.25, 0.3) is 0 Å². The van der Waals surface area contributed by atoms with E-state index in [4.69, 9.17) is 0 Å². The fraction of sp³-hybridized carbons (Fsp3) is 0.143. The second-order valence-corrected chi connectivity index (χ2v) is 3.24. The van der Waals surface area contributed by atoms with Gasteiger partial charge >= 0.3 is 0 Å². The fourth-order valence-corrected chi connectivity index (χ4v) is 1.00. The summed E-state index contributed by atoms with van der Waals surface area (Å²) in [5, 5.41) is 0. The van der Waals surface area contributed by atoms with Crippen molar-refractivity contribution in [3.8, 4) is 0 Å². The van der Waals surface area contributed by atoms with Gasteiger partial charge in [-0.3, -0.25) is 3.71 Å². The summed E-state index contributed by atoms with van der Waals surface area (Å²) in [5.74, 6) is 0. The van der Waals surface area contributed by atoms with Crippen LogP contribution in [-0.2, 0) is 0 Å². The minimum atomic E-state index is 0.992. The second kappa shape index (κ2) is 3.21. The molecule has 0 saturated heterocycles. The zero-order chi connectivity index (χ0) is 7.56. The lowest BCUT2D eigenvalue weighted by molar-refractivity contribution is 1.46. The number of rotatable bonds is 1. The van der Waals surface area contributed by atoms with Gasteiger partial charge in [0, 0.05) is 0 Å². The lowest BCUT2D eigenvalue weighted by atomic mass is 10.2. The van der Waals surface area contributed by atoms with Gasteiger partial charge in [-0.1, -0.05) is 37.8 Å². The Kier molecular flexibility index (Phi) is 2.51. The van der Waals surface area contributed by atoms with Gasteiger partial charge in [-0.15, -0.1) is 0 Å². The third-order valence-corrected chi connectivity index (χ3v) is 1.69. The molecule has 0 saturated carbocycles. The fourth-order valence-electron chi connectivity index (χ4n) is 0.752. The Balaban J connectivity index is 2.96. The smallest absolute Gasteiger partial charge is 0.0591 e. The van der Waals surface area contributed by atoms with E-state index in [-0.39, 0.29) is 0 Å². The molecule has 10 heavy (non-hydrogen) atoms. The maximum absolute atomic E-state index is 4.03. The molecule has 0 aromatic heterocycles. The van der Waals surface area contributed by atoms with Crippen molar-refractivity contribution in [3.63, 3.8) is 0 Å². The molecule has 0 bridgehead atoms. The Morgan fingerprint density at radius 2 is 2.00 bits per heavy atom. The van der Waals surface area contributed by atoms with Crippen LogP contribution in [0.2, 0.25) is 0 Å². The van der Waals surface area contributed by atoms with Crippen molar-refractivity contribution in [2.24, 2.45) is 0 Å². The first-order valence-corrected chi connectivity index (χ1v) is 3.74. The van der Waals surface area contributed by atoms with E-state index in [1.807, 2.05) is 31.2 Å². The zero-order valence-corrected chi connectivity index (χ0v) is 7.44. The molecule has 1 aromatic rings. The molecule has 0 N–H and O–H groups in total. The molecule has 1 rings (SSSR count). The molecule has 0 aliphatic heterocycles. The molecule has 54 valence electrons. The Labute approximate surface area is 72.1 Å². The number of hydrogen-bond donors (Lipinski definition) is 2. The summed E-state index contributed by atoms with van der Waals surface area (Å²) < 4.78 is 1.49. The summed E-state index contributed by atoms with van der Waals surface area (Å²) in [6.45, 7) is 2.04. The van der Waals surface area contributed by atoms with Crippen molar-refractivity contribution in [2.75, 3.05) is 3.71 Å². The van der Waals surface area contributed by atoms with Gasteiger partial charge in [-0.05, 0) is 24.6 Å². The minimum Gasteiger partial charge on any atom is -0.265 e. The highest BCUT2D eigenvalue weighted by molar-refractivity contribution is 8.00. The average Bonchev–Trinajstić information content (AvgIpc) is 1.88. The summed E-state index contributed by atoms with van der Waals surface area (Å²) in [5.41, 5.74) is 2.21. The Hall–Kier alpha value is -0.280. The Bertz CT molecular complexity index is 223. The topological polar surface area (TPSA) is 3.24 Å². The van der Waals surface area contributed by atoms with E-state index in [9.17, 15) is 0 Å². The summed E-state index contributed by atoms with van der Waals surface area (Å²) in [7, 11) is 0. The van der Waals surface area contributed by atoms with Crippen LogP contribution in [-0.4, -0.2) is 0 Å². The summed E-state index contributed by atoms with van der Waals surface area (Å²) >= 11 is 8.06. The Morgan fingerprint density at radius 1 is 1.30 bits per heavy atom. The lowest BCUT2D eigenvalue weighted by Crippen LogP contribution is -1.91. The van der Waals surface area contributed by atoms with Gasteiger partial charge in [-0.2, -0.15) is 0 Å². The van der Waals surface area contributed by atoms with Gasteiger partial charge in [0.2, 0.25) is 0 Å². The van der Waals surface area contributed by atoms with E-state index in [2.05, 4.69) is 25.6 Å². The SMILES string of the molecule is Cc1cccc(N(S)S)c1. The molecule has 0 fully saturated rings. The predicted molar refractivity (Wildman–Crippen MR) is 51.6 cm³/mol. The first kappa shape index (κ1) is 7.82. The van der Waals surface area contributed by atoms with Crippen LogP contribution >= 0.6 is 25.6 Å². The van der Waals surface area contributed by atoms with E-state index in [1.54, 1.807) is 0 Å². The molecule has 0 aliphatic rings. The number of nitrogens with zero attached hydrogens (tertiary/aromatic N) is 1. The highest BCUT2D eigenvalue weighted by Crippen LogP contribution is 2.18. The van der Waals surface area contributed by atoms with Gasteiger partial charge in [0.15, 0.2) is 0 Å². The molecule has 0 aliphatic carbocycles. The molecule has 0 amide bonds. The van der Waals surface area contributed by atoms with Crippen molar-refractivity contribution in [3.05, 3.63) is 29.8 Å². The van der Waals surface area contributed by atoms with Crippen molar-refractivity contribution < 1.29 is 0 Å². The van der Waals surface area contributed by atoms with Gasteiger partial charge in [0.05, 0.1) is 5.69 Å². The maximum Gasteiger partial charge on any atom is 0.0591 e. The van der Waals surface area contributed by atoms with E-state index < -0.39 is 0 Å². The van der Waals surface area contributed by atoms with Crippen molar-refractivity contribution in [2.45, 2.75) is 6.92 Å². The van der Waals surface area contributed by atoms with Gasteiger partial charge in [-0.25, -0.2) is 0 Å². The molecule has 0 radical (unpaired) electrons. The van der Waals surface area contributed by atoms with E-state index in [0.29, 0.717) is 0 Å². The van der Waals surface area contributed by atoms with Crippen molar-refractivity contribution >= 4 is 31.3 Å². The van der Waals surface area contributed by atoms with Crippen LogP contribution in [0, 0.1) is 6.92 Å². The normalized spacial score (nSPS) is 9.50. The zero-order valence-electron chi connectivity index (χ0n) is 5.65. The second-order valence-electron chi connectivity index (χ2n) is 2.13. The molecule has 0 atom stereocenters. The van der Waals surface area contributed by atoms with Crippen LogP contribution < -0.4 is 3.71 Å². The number of hydrogen-bond acceptors (Lipinski definition) is 3. The lowest BCUT2D eigenvalue weighted by Gasteiger charge is -2.08. The molecular weight excluding hydrogens is 162 g/mol. The van der Waals surface area contributed by atoms with Crippen molar-refractivity contribution in [1.82, 2.24) is 0 Å². The van der Waals surface area contributed by atoms with E-state index >= 15 is 0 Å². The first-order chi connectivity index (χ1) is 4.70. The highest BCUT2D eigenvalue weighted by atomic mass is 32.2. The Morgan fingerprint density at radius 3 is 2.40 bits per heavy atom. The van der Waals surface area contributed by atoms with Gasteiger partial charge in [0.1, 0.15) is 0 Å². The van der Waals surface area contributed by atoms with Crippen LogP contribution in [0.3, 0.4) is 0 Å². The minimum absolute atomic E-state index is 0.992. The monoisotopic (exact) mass is 171 g/mol. The third-order valence-electron chi connectivity index (χ3n) is 1.23. The highest BCUT2D eigenvalue weighted by Gasteiger charge is 1.93. The number of thiol groups is 2. The van der Waals surface area contributed by atoms with Crippen LogP contribution in [0.25, 0.3) is 0 Å². The molecule has 0 spiro atoms. The molecule has 1 nitrogen and oxygen atoms in total. The molecule has 0 unspecified atom stereocenters. The molecular formula is C7H9NS2. The van der Waals surface area contributed by atoms with Gasteiger partial charge < -0.3 is 0 Å². The summed E-state index contributed by atoms with van der Waals surface area (Å²) in [6, 6.07) is 7.98. The number of aryl methyl sites for hydroxylation is 1. The number of anilines is 1. The quantitative estimate of drug-likeness (QED) is 0.614. The standard InChI is InChI=1S/C7H9NS2/c1-6-3-2-4-7(5-6)8(9)10/h2-5,9-10H,1H3. The van der Waals surface area contributed by atoms with Crippen LogP contribution in [0.15, 0.2) is 24.3 Å². The molecule has 1 aromatic carbocycles. The molecule has 0 heterocycles. The van der Waals surface area contributed by atoms with E-state index in [0.717, 1.165) is 5.69 Å². The van der Waals surface area contributed by atoms with Crippen LogP contribution in [0.4, 0.5) is 5.69 Å². The summed E-state index contributed by atoms with van der Waals surface area (Å²) in [4.78, 5) is 0. The first-order valence-electron chi connectivity index (χ1n) is 2.94. The van der Waals surface area contributed by atoms with Crippen molar-refractivity contribution in [1.29, 1.82) is 0 Å². The predicted octanol–water partition coefficient (Wildman–Crippen LogP) is 2.49. The van der Waals surface area contributed by atoms with Crippen LogP contribution in [0.1, 0.15) is 5.56 Å². The average molecular weight is 171 g/mol.